The number of hydrogen-bond acceptors (Lipinski definition) is 2. The fourth-order valence-electron chi connectivity index (χ4n) is 2.63. The van der Waals surface area contributed by atoms with Crippen LogP contribution in [0.5, 0.6) is 0 Å². The number of aromatic nitrogens is 1. The van der Waals surface area contributed by atoms with E-state index >= 15 is 0 Å². The molecule has 0 aliphatic rings. The molecule has 0 fully saturated rings. The van der Waals surface area contributed by atoms with Crippen LogP contribution in [0.1, 0.15) is 37.2 Å². The average molecular weight is 288 g/mol. The summed E-state index contributed by atoms with van der Waals surface area (Å²) in [5, 5.41) is 10.2. The van der Waals surface area contributed by atoms with E-state index in [4.69, 9.17) is 0 Å². The standard InChI is InChI=1S/C16H20N2O3/c1-4-17(5-2)15(19)11(3)18-10-9-12-7-6-8-13(14(12)18)16(20)21/h6-11H,4-5H2,1-3H3,(H,20,21). The van der Waals surface area contributed by atoms with Crippen molar-refractivity contribution < 1.29 is 14.7 Å². The van der Waals surface area contributed by atoms with Crippen LogP contribution < -0.4 is 0 Å². The lowest BCUT2D eigenvalue weighted by atomic mass is 10.1. The zero-order valence-corrected chi connectivity index (χ0v) is 12.5. The molecule has 0 saturated heterocycles. The summed E-state index contributed by atoms with van der Waals surface area (Å²) in [5.41, 5.74) is 0.815. The van der Waals surface area contributed by atoms with Crippen LogP contribution in [-0.4, -0.2) is 39.5 Å². The molecule has 0 bridgehead atoms. The van der Waals surface area contributed by atoms with Crippen molar-refractivity contribution in [3.05, 3.63) is 36.0 Å². The summed E-state index contributed by atoms with van der Waals surface area (Å²) in [6.07, 6.45) is 1.78. The zero-order chi connectivity index (χ0) is 15.6. The number of aromatic carboxylic acids is 1. The van der Waals surface area contributed by atoms with Crippen LogP contribution in [0.25, 0.3) is 10.9 Å². The summed E-state index contributed by atoms with van der Waals surface area (Å²) in [6, 6.07) is 6.55. The van der Waals surface area contributed by atoms with E-state index in [1.54, 1.807) is 34.7 Å². The van der Waals surface area contributed by atoms with E-state index in [-0.39, 0.29) is 11.5 Å². The van der Waals surface area contributed by atoms with Crippen LogP contribution in [0.2, 0.25) is 0 Å². The first-order valence-corrected chi connectivity index (χ1v) is 7.12. The van der Waals surface area contributed by atoms with Gasteiger partial charge in [-0.15, -0.1) is 0 Å². The third-order valence-electron chi connectivity index (χ3n) is 3.82. The molecule has 0 radical (unpaired) electrons. The first kappa shape index (κ1) is 15.1. The molecule has 0 saturated carbocycles. The van der Waals surface area contributed by atoms with Gasteiger partial charge in [0.15, 0.2) is 0 Å². The Bertz CT molecular complexity index is 671. The molecule has 1 aromatic heterocycles. The van der Waals surface area contributed by atoms with E-state index < -0.39 is 12.0 Å². The van der Waals surface area contributed by atoms with Crippen LogP contribution in [0.3, 0.4) is 0 Å². The minimum Gasteiger partial charge on any atom is -0.478 e. The van der Waals surface area contributed by atoms with E-state index in [9.17, 15) is 14.7 Å². The van der Waals surface area contributed by atoms with Crippen molar-refractivity contribution in [2.75, 3.05) is 13.1 Å². The first-order chi connectivity index (χ1) is 10.0. The average Bonchev–Trinajstić information content (AvgIpc) is 2.91. The SMILES string of the molecule is CCN(CC)C(=O)C(C)n1ccc2cccc(C(=O)O)c21. The van der Waals surface area contributed by atoms with Gasteiger partial charge in [-0.3, -0.25) is 4.79 Å². The molecule has 2 rings (SSSR count). The highest BCUT2D eigenvalue weighted by Crippen LogP contribution is 2.25. The molecule has 2 aromatic rings. The van der Waals surface area contributed by atoms with Gasteiger partial charge in [-0.25, -0.2) is 4.79 Å². The normalized spacial score (nSPS) is 12.3. The molecule has 112 valence electrons. The third kappa shape index (κ3) is 2.63. The molecule has 1 amide bonds. The van der Waals surface area contributed by atoms with E-state index in [0.717, 1.165) is 5.39 Å². The van der Waals surface area contributed by atoms with Crippen molar-refractivity contribution in [2.45, 2.75) is 26.8 Å². The van der Waals surface area contributed by atoms with Gasteiger partial charge in [-0.1, -0.05) is 12.1 Å². The van der Waals surface area contributed by atoms with Crippen LogP contribution in [0, 0.1) is 0 Å². The molecule has 5 nitrogen and oxygen atoms in total. The predicted octanol–water partition coefficient (Wildman–Crippen LogP) is 2.77. The number of carboxylic acids is 1. The monoisotopic (exact) mass is 288 g/mol. The van der Waals surface area contributed by atoms with Crippen LogP contribution in [0.4, 0.5) is 0 Å². The summed E-state index contributed by atoms with van der Waals surface area (Å²) >= 11 is 0. The number of nitrogens with zero attached hydrogens (tertiary/aromatic N) is 2. The van der Waals surface area contributed by atoms with E-state index in [0.29, 0.717) is 18.6 Å². The smallest absolute Gasteiger partial charge is 0.337 e. The number of likely N-dealkylation sites (N-methyl/N-ethyl adjacent to an activating group) is 1. The summed E-state index contributed by atoms with van der Waals surface area (Å²) in [6.45, 7) is 6.96. The van der Waals surface area contributed by atoms with Crippen molar-refractivity contribution >= 4 is 22.8 Å². The second-order valence-corrected chi connectivity index (χ2v) is 4.96. The van der Waals surface area contributed by atoms with Crippen molar-refractivity contribution in [1.29, 1.82) is 0 Å². The Kier molecular flexibility index (Phi) is 4.31. The Morgan fingerprint density at radius 3 is 2.48 bits per heavy atom. The van der Waals surface area contributed by atoms with Crippen molar-refractivity contribution in [2.24, 2.45) is 0 Å². The van der Waals surface area contributed by atoms with Gasteiger partial charge in [0.2, 0.25) is 5.91 Å². The van der Waals surface area contributed by atoms with Gasteiger partial charge in [-0.2, -0.15) is 0 Å². The first-order valence-electron chi connectivity index (χ1n) is 7.12. The number of rotatable bonds is 5. The van der Waals surface area contributed by atoms with Gasteiger partial charge in [-0.05, 0) is 32.9 Å². The lowest BCUT2D eigenvalue weighted by Gasteiger charge is -2.24. The zero-order valence-electron chi connectivity index (χ0n) is 12.5. The Hall–Kier alpha value is -2.30. The molecule has 1 unspecified atom stereocenters. The summed E-state index contributed by atoms with van der Waals surface area (Å²) in [7, 11) is 0. The minimum absolute atomic E-state index is 0.00214. The van der Waals surface area contributed by atoms with Gasteiger partial charge in [0.1, 0.15) is 6.04 Å². The number of hydrogen-bond donors (Lipinski definition) is 1. The molecular formula is C16H20N2O3. The molecule has 5 heteroatoms. The number of carbonyl (C=O) groups is 2. The minimum atomic E-state index is -0.983. The second-order valence-electron chi connectivity index (χ2n) is 4.96. The molecule has 0 aliphatic carbocycles. The van der Waals surface area contributed by atoms with E-state index in [1.165, 1.54) is 0 Å². The lowest BCUT2D eigenvalue weighted by molar-refractivity contribution is -0.133. The maximum Gasteiger partial charge on any atom is 0.337 e. The van der Waals surface area contributed by atoms with Crippen molar-refractivity contribution in [3.63, 3.8) is 0 Å². The molecular weight excluding hydrogens is 268 g/mol. The number of carboxylic acid groups (broad SMARTS) is 1. The fraction of sp³-hybridized carbons (Fsp3) is 0.375. The van der Waals surface area contributed by atoms with Crippen LogP contribution in [-0.2, 0) is 4.79 Å². The number of benzene rings is 1. The van der Waals surface area contributed by atoms with E-state index in [1.807, 2.05) is 26.0 Å². The van der Waals surface area contributed by atoms with E-state index in [2.05, 4.69) is 0 Å². The summed E-state index contributed by atoms with van der Waals surface area (Å²) < 4.78 is 1.75. The molecule has 1 aromatic carbocycles. The quantitative estimate of drug-likeness (QED) is 0.920. The highest BCUT2D eigenvalue weighted by Gasteiger charge is 2.22. The van der Waals surface area contributed by atoms with Crippen LogP contribution in [0.15, 0.2) is 30.5 Å². The molecule has 0 spiro atoms. The van der Waals surface area contributed by atoms with Crippen molar-refractivity contribution in [3.8, 4) is 0 Å². The van der Waals surface area contributed by atoms with Gasteiger partial charge in [0.25, 0.3) is 0 Å². The Morgan fingerprint density at radius 1 is 1.24 bits per heavy atom. The van der Waals surface area contributed by atoms with Gasteiger partial charge in [0.05, 0.1) is 11.1 Å². The largest absolute Gasteiger partial charge is 0.478 e. The fourth-order valence-corrected chi connectivity index (χ4v) is 2.63. The molecule has 1 heterocycles. The topological polar surface area (TPSA) is 62.5 Å². The Labute approximate surface area is 123 Å². The summed E-state index contributed by atoms with van der Waals surface area (Å²) in [4.78, 5) is 25.6. The summed E-state index contributed by atoms with van der Waals surface area (Å²) in [5.74, 6) is -0.985. The molecule has 1 atom stereocenters. The number of para-hydroxylation sites is 1. The second kappa shape index (κ2) is 5.99. The number of fused-ring (bicyclic) bond motifs is 1. The molecule has 0 aliphatic heterocycles. The highest BCUT2D eigenvalue weighted by atomic mass is 16.4. The lowest BCUT2D eigenvalue weighted by Crippen LogP contribution is -2.35. The number of amides is 1. The maximum atomic E-state index is 12.5. The highest BCUT2D eigenvalue weighted by molar-refractivity contribution is 6.03. The van der Waals surface area contributed by atoms with Gasteiger partial charge >= 0.3 is 5.97 Å². The van der Waals surface area contributed by atoms with Crippen molar-refractivity contribution in [1.82, 2.24) is 9.47 Å². The molecule has 1 N–H and O–H groups in total. The number of carbonyl (C=O) groups excluding carboxylic acids is 1. The molecule has 21 heavy (non-hydrogen) atoms. The third-order valence-corrected chi connectivity index (χ3v) is 3.82. The van der Waals surface area contributed by atoms with Crippen LogP contribution >= 0.6 is 0 Å². The maximum absolute atomic E-state index is 12.5. The van der Waals surface area contributed by atoms with Gasteiger partial charge < -0.3 is 14.6 Å². The Morgan fingerprint density at radius 2 is 1.90 bits per heavy atom. The predicted molar refractivity (Wildman–Crippen MR) is 81.5 cm³/mol. The van der Waals surface area contributed by atoms with Gasteiger partial charge in [0, 0.05) is 24.7 Å². The Balaban J connectivity index is 2.52.